The normalized spacial score (nSPS) is 12.3. The number of carbonyl (C=O) groups is 1. The highest BCUT2D eigenvalue weighted by Crippen LogP contribution is 2.42. The van der Waals surface area contributed by atoms with E-state index in [1.807, 2.05) is 44.2 Å². The number of benzene rings is 3. The lowest BCUT2D eigenvalue weighted by Crippen LogP contribution is -2.33. The molecule has 0 aliphatic carbocycles. The van der Waals surface area contributed by atoms with Gasteiger partial charge >= 0.3 is 0 Å². The Morgan fingerprint density at radius 3 is 2.56 bits per heavy atom. The van der Waals surface area contributed by atoms with Gasteiger partial charge in [-0.25, -0.2) is 0 Å². The summed E-state index contributed by atoms with van der Waals surface area (Å²) >= 11 is 3.51. The number of amides is 1. The second kappa shape index (κ2) is 9.26. The van der Waals surface area contributed by atoms with Gasteiger partial charge in [-0.05, 0) is 65.5 Å². The standard InChI is InChI=1S/C24H24BrNO6/c1-14(2)32-19-9-8-17(25)22(23(19)29-4)24(27)26(12-28-3)18-7-5-6-15-10-20-21(11-16(15)18)31-13-30-20/h5-11,14H,12-13H2,1-4H3. The summed E-state index contributed by atoms with van der Waals surface area (Å²) in [6.45, 7) is 4.05. The minimum absolute atomic E-state index is 0.0389. The van der Waals surface area contributed by atoms with Crippen LogP contribution in [0.15, 0.2) is 46.9 Å². The third-order valence-corrected chi connectivity index (χ3v) is 5.66. The first-order valence-corrected chi connectivity index (χ1v) is 10.9. The highest BCUT2D eigenvalue weighted by atomic mass is 79.9. The van der Waals surface area contributed by atoms with Crippen molar-refractivity contribution >= 4 is 38.3 Å². The van der Waals surface area contributed by atoms with Crippen LogP contribution in [0, 0.1) is 0 Å². The van der Waals surface area contributed by atoms with Crippen LogP contribution in [-0.4, -0.2) is 39.8 Å². The number of rotatable bonds is 7. The Morgan fingerprint density at radius 2 is 1.88 bits per heavy atom. The van der Waals surface area contributed by atoms with Gasteiger partial charge < -0.3 is 23.7 Å². The molecule has 3 aromatic rings. The summed E-state index contributed by atoms with van der Waals surface area (Å²) in [5.74, 6) is 1.88. The van der Waals surface area contributed by atoms with Crippen molar-refractivity contribution < 1.29 is 28.5 Å². The molecule has 0 N–H and O–H groups in total. The number of nitrogens with zero attached hydrogens (tertiary/aromatic N) is 1. The van der Waals surface area contributed by atoms with Crippen molar-refractivity contribution in [1.29, 1.82) is 0 Å². The van der Waals surface area contributed by atoms with Crippen LogP contribution in [0.1, 0.15) is 24.2 Å². The molecule has 168 valence electrons. The molecule has 4 rings (SSSR count). The van der Waals surface area contributed by atoms with Gasteiger partial charge in [-0.1, -0.05) is 12.1 Å². The van der Waals surface area contributed by atoms with E-state index >= 15 is 0 Å². The third-order valence-electron chi connectivity index (χ3n) is 5.00. The van der Waals surface area contributed by atoms with Crippen LogP contribution >= 0.6 is 15.9 Å². The predicted molar refractivity (Wildman–Crippen MR) is 125 cm³/mol. The monoisotopic (exact) mass is 501 g/mol. The van der Waals surface area contributed by atoms with Crippen molar-refractivity contribution in [1.82, 2.24) is 0 Å². The fraction of sp³-hybridized carbons (Fsp3) is 0.292. The molecular weight excluding hydrogens is 478 g/mol. The Morgan fingerprint density at radius 1 is 1.12 bits per heavy atom. The number of fused-ring (bicyclic) bond motifs is 2. The Kier molecular flexibility index (Phi) is 6.43. The van der Waals surface area contributed by atoms with Crippen LogP contribution in [0.25, 0.3) is 10.8 Å². The SMILES string of the molecule is COCN(C(=O)c1c(Br)ccc(OC(C)C)c1OC)c1cccc2cc3c(cc12)OCO3. The summed E-state index contributed by atoms with van der Waals surface area (Å²) < 4.78 is 28.5. The molecule has 1 heterocycles. The lowest BCUT2D eigenvalue weighted by molar-refractivity contribution is 0.0931. The Balaban J connectivity index is 1.85. The summed E-state index contributed by atoms with van der Waals surface area (Å²) in [5.41, 5.74) is 1.03. The van der Waals surface area contributed by atoms with E-state index in [0.29, 0.717) is 38.7 Å². The molecule has 1 aliphatic heterocycles. The first-order valence-electron chi connectivity index (χ1n) is 10.1. The van der Waals surface area contributed by atoms with Gasteiger partial charge in [0.05, 0.1) is 18.9 Å². The van der Waals surface area contributed by atoms with Crippen LogP contribution in [0.4, 0.5) is 5.69 Å². The topological polar surface area (TPSA) is 66.5 Å². The molecule has 0 radical (unpaired) electrons. The van der Waals surface area contributed by atoms with Crippen molar-refractivity contribution in [3.63, 3.8) is 0 Å². The number of carbonyl (C=O) groups excluding carboxylic acids is 1. The maximum atomic E-state index is 13.9. The number of methoxy groups -OCH3 is 2. The molecule has 1 aliphatic rings. The van der Waals surface area contributed by atoms with Crippen molar-refractivity contribution in [2.24, 2.45) is 0 Å². The Hall–Kier alpha value is -2.97. The van der Waals surface area contributed by atoms with Crippen LogP contribution < -0.4 is 23.8 Å². The maximum Gasteiger partial charge on any atom is 0.265 e. The van der Waals surface area contributed by atoms with E-state index in [-0.39, 0.29) is 25.5 Å². The number of ether oxygens (including phenoxy) is 5. The second-order valence-electron chi connectivity index (χ2n) is 7.48. The van der Waals surface area contributed by atoms with Gasteiger partial charge in [-0.3, -0.25) is 9.69 Å². The lowest BCUT2D eigenvalue weighted by Gasteiger charge is -2.26. The van der Waals surface area contributed by atoms with Crippen molar-refractivity contribution in [3.8, 4) is 23.0 Å². The maximum absolute atomic E-state index is 13.9. The second-order valence-corrected chi connectivity index (χ2v) is 8.33. The predicted octanol–water partition coefficient (Wildman–Crippen LogP) is 5.38. The summed E-state index contributed by atoms with van der Waals surface area (Å²) in [4.78, 5) is 15.4. The molecule has 0 aromatic heterocycles. The highest BCUT2D eigenvalue weighted by Gasteiger charge is 2.28. The van der Waals surface area contributed by atoms with E-state index in [1.54, 1.807) is 24.1 Å². The lowest BCUT2D eigenvalue weighted by atomic mass is 10.1. The van der Waals surface area contributed by atoms with Crippen LogP contribution in [0.2, 0.25) is 0 Å². The molecule has 1 amide bonds. The van der Waals surface area contributed by atoms with E-state index in [2.05, 4.69) is 15.9 Å². The smallest absolute Gasteiger partial charge is 0.265 e. The zero-order valence-corrected chi connectivity index (χ0v) is 19.9. The summed E-state index contributed by atoms with van der Waals surface area (Å²) in [6, 6.07) is 13.1. The van der Waals surface area contributed by atoms with Gasteiger partial charge in [0.25, 0.3) is 5.91 Å². The number of hydrogen-bond acceptors (Lipinski definition) is 6. The van der Waals surface area contributed by atoms with Crippen LogP contribution in [0.3, 0.4) is 0 Å². The molecule has 0 atom stereocenters. The minimum Gasteiger partial charge on any atom is -0.492 e. The molecule has 3 aromatic carbocycles. The van der Waals surface area contributed by atoms with Gasteiger partial charge in [0.15, 0.2) is 23.0 Å². The fourth-order valence-corrected chi connectivity index (χ4v) is 4.16. The van der Waals surface area contributed by atoms with Crippen molar-refractivity contribution in [2.75, 3.05) is 32.6 Å². The molecule has 0 fully saturated rings. The third kappa shape index (κ3) is 4.08. The van der Waals surface area contributed by atoms with Crippen LogP contribution in [-0.2, 0) is 4.74 Å². The molecule has 8 heteroatoms. The largest absolute Gasteiger partial charge is 0.492 e. The molecule has 7 nitrogen and oxygen atoms in total. The number of hydrogen-bond donors (Lipinski definition) is 0. The van der Waals surface area contributed by atoms with Crippen molar-refractivity contribution in [2.45, 2.75) is 20.0 Å². The van der Waals surface area contributed by atoms with Crippen LogP contribution in [0.5, 0.6) is 23.0 Å². The molecular formula is C24H24BrNO6. The van der Waals surface area contributed by atoms with Gasteiger partial charge in [-0.2, -0.15) is 0 Å². The van der Waals surface area contributed by atoms with E-state index < -0.39 is 0 Å². The van der Waals surface area contributed by atoms with E-state index in [4.69, 9.17) is 23.7 Å². The molecule has 0 unspecified atom stereocenters. The average Bonchev–Trinajstić information content (AvgIpc) is 3.23. The average molecular weight is 502 g/mol. The van der Waals surface area contributed by atoms with Crippen molar-refractivity contribution in [3.05, 3.63) is 52.5 Å². The number of anilines is 1. The Bertz CT molecular complexity index is 1160. The first-order chi connectivity index (χ1) is 15.4. The highest BCUT2D eigenvalue weighted by molar-refractivity contribution is 9.10. The molecule has 0 spiro atoms. The first kappa shape index (κ1) is 22.2. The minimum atomic E-state index is -0.296. The van der Waals surface area contributed by atoms with Gasteiger partial charge in [-0.15, -0.1) is 0 Å². The van der Waals surface area contributed by atoms with Gasteiger partial charge in [0.1, 0.15) is 12.3 Å². The Labute approximate surface area is 194 Å². The van der Waals surface area contributed by atoms with Gasteiger partial charge in [0.2, 0.25) is 6.79 Å². The fourth-order valence-electron chi connectivity index (χ4n) is 3.68. The zero-order chi connectivity index (χ0) is 22.8. The molecule has 0 bridgehead atoms. The molecule has 32 heavy (non-hydrogen) atoms. The summed E-state index contributed by atoms with van der Waals surface area (Å²) in [6.07, 6.45) is -0.0783. The molecule has 0 saturated heterocycles. The summed E-state index contributed by atoms with van der Waals surface area (Å²) in [5, 5.41) is 1.76. The van der Waals surface area contributed by atoms with E-state index in [0.717, 1.165) is 10.8 Å². The van der Waals surface area contributed by atoms with E-state index in [1.165, 1.54) is 7.11 Å². The zero-order valence-electron chi connectivity index (χ0n) is 18.3. The summed E-state index contributed by atoms with van der Waals surface area (Å²) in [7, 11) is 3.07. The quantitative estimate of drug-likeness (QED) is 0.405. The molecule has 0 saturated carbocycles. The van der Waals surface area contributed by atoms with Gasteiger partial charge in [0, 0.05) is 17.0 Å². The van der Waals surface area contributed by atoms with E-state index in [9.17, 15) is 4.79 Å². The number of halogens is 1.